The highest BCUT2D eigenvalue weighted by Gasteiger charge is 2.51. The molecule has 1 aromatic rings. The van der Waals surface area contributed by atoms with E-state index in [4.69, 9.17) is 0 Å². The van der Waals surface area contributed by atoms with Crippen LogP contribution in [-0.4, -0.2) is 60.0 Å². The van der Waals surface area contributed by atoms with E-state index in [2.05, 4.69) is 15.3 Å². The lowest BCUT2D eigenvalue weighted by molar-refractivity contribution is -0.141. The minimum absolute atomic E-state index is 0.00819. The molecular weight excluding hydrogens is 433 g/mol. The number of rotatable bonds is 3. The third-order valence-corrected chi connectivity index (χ3v) is 9.04. The van der Waals surface area contributed by atoms with Gasteiger partial charge in [-0.25, -0.2) is 9.97 Å². The molecule has 1 aromatic heterocycles. The Kier molecular flexibility index (Phi) is 4.95. The summed E-state index contributed by atoms with van der Waals surface area (Å²) in [5, 5.41) is 3.25. The molecule has 172 valence electrons. The SMILES string of the molecule is O=C(c1cnc(NC23CC4CC(CC(C4)C2)C3)nc1C(F)(F)F)N1CCS(O)(O)CC1. The van der Waals surface area contributed by atoms with Gasteiger partial charge >= 0.3 is 6.18 Å². The van der Waals surface area contributed by atoms with E-state index in [9.17, 15) is 27.1 Å². The molecule has 0 atom stereocenters. The van der Waals surface area contributed by atoms with Gasteiger partial charge in [0.15, 0.2) is 5.69 Å². The predicted molar refractivity (Wildman–Crippen MR) is 110 cm³/mol. The van der Waals surface area contributed by atoms with Gasteiger partial charge in [-0.3, -0.25) is 13.9 Å². The molecule has 11 heteroatoms. The molecule has 0 unspecified atom stereocenters. The van der Waals surface area contributed by atoms with Gasteiger partial charge in [-0.1, -0.05) is 0 Å². The maximum atomic E-state index is 13.8. The third kappa shape index (κ3) is 4.11. The van der Waals surface area contributed by atoms with Crippen molar-refractivity contribution in [2.24, 2.45) is 17.8 Å². The van der Waals surface area contributed by atoms with Gasteiger partial charge in [0.05, 0.1) is 17.1 Å². The molecule has 1 aliphatic heterocycles. The molecule has 0 spiro atoms. The van der Waals surface area contributed by atoms with Crippen molar-refractivity contribution in [2.45, 2.75) is 50.2 Å². The summed E-state index contributed by atoms with van der Waals surface area (Å²) in [6.45, 7) is -0.0164. The molecule has 5 aliphatic rings. The summed E-state index contributed by atoms with van der Waals surface area (Å²) in [7, 11) is -2.76. The smallest absolute Gasteiger partial charge is 0.349 e. The van der Waals surface area contributed by atoms with Crippen LogP contribution in [0, 0.1) is 17.8 Å². The zero-order valence-electron chi connectivity index (χ0n) is 17.1. The topological polar surface area (TPSA) is 98.6 Å². The Morgan fingerprint density at radius 1 is 1.10 bits per heavy atom. The standard InChI is InChI=1S/C20H27F3N4O3S/c21-20(22,23)16-15(17(28)27-1-3-31(29,30)4-2-27)11-24-18(25-16)26-19-8-12-5-13(9-19)7-14(6-12)10-19/h11-14,29-30H,1-10H2,(H,24,25,26). The van der Waals surface area contributed by atoms with E-state index >= 15 is 0 Å². The molecule has 4 aliphatic carbocycles. The van der Waals surface area contributed by atoms with Crippen LogP contribution in [0.3, 0.4) is 0 Å². The number of alkyl halides is 3. The molecule has 6 rings (SSSR count). The van der Waals surface area contributed by atoms with Gasteiger partial charge in [0.1, 0.15) is 0 Å². The number of nitrogens with zero attached hydrogens (tertiary/aromatic N) is 3. The van der Waals surface area contributed by atoms with E-state index in [0.717, 1.165) is 25.5 Å². The highest BCUT2D eigenvalue weighted by Crippen LogP contribution is 2.56. The van der Waals surface area contributed by atoms with Crippen LogP contribution in [0.2, 0.25) is 0 Å². The average Bonchev–Trinajstić information content (AvgIpc) is 2.65. The monoisotopic (exact) mass is 460 g/mol. The molecule has 31 heavy (non-hydrogen) atoms. The molecular formula is C20H27F3N4O3S. The largest absolute Gasteiger partial charge is 0.434 e. The lowest BCUT2D eigenvalue weighted by atomic mass is 9.53. The summed E-state index contributed by atoms with van der Waals surface area (Å²) in [6.07, 6.45) is 2.61. The van der Waals surface area contributed by atoms with Gasteiger partial charge < -0.3 is 10.2 Å². The number of anilines is 1. The van der Waals surface area contributed by atoms with Crippen molar-refractivity contribution in [2.75, 3.05) is 29.9 Å². The van der Waals surface area contributed by atoms with Crippen molar-refractivity contribution in [1.82, 2.24) is 14.9 Å². The highest BCUT2D eigenvalue weighted by molar-refractivity contribution is 8.24. The van der Waals surface area contributed by atoms with E-state index in [1.807, 2.05) is 0 Å². The van der Waals surface area contributed by atoms with E-state index in [1.54, 1.807) is 0 Å². The van der Waals surface area contributed by atoms with Crippen LogP contribution in [0.4, 0.5) is 19.1 Å². The second-order valence-corrected chi connectivity index (χ2v) is 12.2. The number of amides is 1. The molecule has 0 aromatic carbocycles. The van der Waals surface area contributed by atoms with Crippen LogP contribution in [0.25, 0.3) is 0 Å². The van der Waals surface area contributed by atoms with Crippen molar-refractivity contribution >= 4 is 22.4 Å². The number of hydrogen-bond donors (Lipinski definition) is 3. The zero-order valence-corrected chi connectivity index (χ0v) is 17.9. The number of nitrogens with one attached hydrogen (secondary N) is 1. The molecule has 7 nitrogen and oxygen atoms in total. The molecule has 1 saturated heterocycles. The first-order chi connectivity index (χ1) is 14.5. The van der Waals surface area contributed by atoms with Crippen LogP contribution >= 0.6 is 10.6 Å². The van der Waals surface area contributed by atoms with Crippen LogP contribution in [0.15, 0.2) is 6.20 Å². The summed E-state index contributed by atoms with van der Waals surface area (Å²) in [5.41, 5.74) is -2.08. The minimum atomic E-state index is -4.80. The fraction of sp³-hybridized carbons (Fsp3) is 0.750. The van der Waals surface area contributed by atoms with Gasteiger partial charge in [-0.05, 0) is 56.3 Å². The van der Waals surface area contributed by atoms with Crippen molar-refractivity contribution in [3.8, 4) is 0 Å². The Bertz CT molecular complexity index is 850. The number of carbonyl (C=O) groups is 1. The second kappa shape index (κ2) is 7.21. The number of carbonyl (C=O) groups excluding carboxylic acids is 1. The zero-order chi connectivity index (χ0) is 22.0. The number of halogens is 3. The van der Waals surface area contributed by atoms with E-state index in [1.165, 1.54) is 24.2 Å². The molecule has 2 heterocycles. The third-order valence-electron chi connectivity index (χ3n) is 7.37. The summed E-state index contributed by atoms with van der Waals surface area (Å²) >= 11 is 0. The van der Waals surface area contributed by atoms with Gasteiger partial charge in [0.25, 0.3) is 5.91 Å². The first-order valence-corrected chi connectivity index (χ1v) is 12.7. The molecule has 4 bridgehead atoms. The Morgan fingerprint density at radius 3 is 2.16 bits per heavy atom. The van der Waals surface area contributed by atoms with Crippen LogP contribution in [0.1, 0.15) is 54.6 Å². The summed E-state index contributed by atoms with van der Waals surface area (Å²) < 4.78 is 60.8. The van der Waals surface area contributed by atoms with Gasteiger partial charge in [-0.15, -0.1) is 0 Å². The van der Waals surface area contributed by atoms with Crippen molar-refractivity contribution in [1.29, 1.82) is 0 Å². The van der Waals surface area contributed by atoms with E-state index < -0.39 is 33.9 Å². The van der Waals surface area contributed by atoms with Gasteiger partial charge in [0.2, 0.25) is 5.95 Å². The first kappa shape index (κ1) is 21.3. The molecule has 5 fully saturated rings. The van der Waals surface area contributed by atoms with Crippen LogP contribution in [-0.2, 0) is 6.18 Å². The molecule has 3 N–H and O–H groups in total. The normalized spacial score (nSPS) is 35.1. The minimum Gasteiger partial charge on any atom is -0.349 e. The fourth-order valence-corrected chi connectivity index (χ4v) is 7.65. The lowest BCUT2D eigenvalue weighted by Crippen LogP contribution is -2.55. The lowest BCUT2D eigenvalue weighted by Gasteiger charge is -2.56. The Hall–Kier alpha value is -1.59. The molecule has 1 amide bonds. The van der Waals surface area contributed by atoms with Crippen molar-refractivity contribution in [3.63, 3.8) is 0 Å². The second-order valence-electron chi connectivity index (χ2n) is 9.78. The number of hydrogen-bond acceptors (Lipinski definition) is 6. The first-order valence-electron chi connectivity index (χ1n) is 10.8. The molecule has 4 saturated carbocycles. The van der Waals surface area contributed by atoms with Crippen molar-refractivity contribution < 1.29 is 27.1 Å². The summed E-state index contributed by atoms with van der Waals surface area (Å²) in [4.78, 5) is 21.9. The van der Waals surface area contributed by atoms with E-state index in [-0.39, 0.29) is 36.1 Å². The average molecular weight is 461 g/mol. The van der Waals surface area contributed by atoms with Gasteiger partial charge in [0, 0.05) is 24.8 Å². The maximum absolute atomic E-state index is 13.8. The Labute approximate surface area is 180 Å². The fourth-order valence-electron chi connectivity index (χ4n) is 6.42. The number of aromatic nitrogens is 2. The molecule has 0 radical (unpaired) electrons. The quantitative estimate of drug-likeness (QED) is 0.629. The van der Waals surface area contributed by atoms with E-state index in [0.29, 0.717) is 17.8 Å². The summed E-state index contributed by atoms with van der Waals surface area (Å²) in [5.74, 6) is 0.885. The Balaban J connectivity index is 1.39. The van der Waals surface area contributed by atoms with Crippen LogP contribution in [0.5, 0.6) is 0 Å². The summed E-state index contributed by atoms with van der Waals surface area (Å²) in [6, 6.07) is 0. The Morgan fingerprint density at radius 2 is 1.65 bits per heavy atom. The maximum Gasteiger partial charge on any atom is 0.434 e. The van der Waals surface area contributed by atoms with Gasteiger partial charge in [-0.2, -0.15) is 23.8 Å². The predicted octanol–water partition coefficient (Wildman–Crippen LogP) is 4.08. The van der Waals surface area contributed by atoms with Crippen LogP contribution < -0.4 is 5.32 Å². The highest BCUT2D eigenvalue weighted by atomic mass is 32.3. The van der Waals surface area contributed by atoms with Crippen molar-refractivity contribution in [3.05, 3.63) is 17.5 Å².